The fourth-order valence-electron chi connectivity index (χ4n) is 1.76. The van der Waals surface area contributed by atoms with E-state index < -0.39 is 0 Å². The summed E-state index contributed by atoms with van der Waals surface area (Å²) in [6, 6.07) is 7.53. The number of ketones is 1. The lowest BCUT2D eigenvalue weighted by atomic mass is 10.2. The predicted molar refractivity (Wildman–Crippen MR) is 69.7 cm³/mol. The zero-order valence-electron chi connectivity index (χ0n) is 10.4. The van der Waals surface area contributed by atoms with Gasteiger partial charge in [-0.15, -0.1) is 0 Å². The molecular weight excluding hydrogens is 216 g/mol. The Morgan fingerprint density at radius 2 is 2.06 bits per heavy atom. The third-order valence-electron chi connectivity index (χ3n) is 2.59. The second-order valence-corrected chi connectivity index (χ2v) is 4.07. The molecule has 0 aliphatic carbocycles. The second kappa shape index (κ2) is 6.91. The van der Waals surface area contributed by atoms with Crippen molar-refractivity contribution in [2.24, 2.45) is 0 Å². The summed E-state index contributed by atoms with van der Waals surface area (Å²) in [7, 11) is 0. The SMILES string of the molecule is CCCN(CCC(C)=O)c1ccccc1NO. The van der Waals surface area contributed by atoms with Gasteiger partial charge in [0.2, 0.25) is 0 Å². The van der Waals surface area contributed by atoms with Gasteiger partial charge in [0.1, 0.15) is 5.78 Å². The zero-order valence-corrected chi connectivity index (χ0v) is 10.4. The molecule has 0 unspecified atom stereocenters. The van der Waals surface area contributed by atoms with Gasteiger partial charge in [-0.3, -0.25) is 15.5 Å². The van der Waals surface area contributed by atoms with Crippen molar-refractivity contribution < 1.29 is 10.0 Å². The molecule has 2 N–H and O–H groups in total. The standard InChI is InChI=1S/C13H20N2O2/c1-3-9-15(10-8-11(2)16)13-7-5-4-6-12(13)14-17/h4-7,14,17H,3,8-10H2,1-2H3. The number of nitrogens with one attached hydrogen (secondary N) is 1. The summed E-state index contributed by atoms with van der Waals surface area (Å²) in [5, 5.41) is 9.07. The van der Waals surface area contributed by atoms with Crippen LogP contribution in [0.5, 0.6) is 0 Å². The largest absolute Gasteiger partial charge is 0.369 e. The highest BCUT2D eigenvalue weighted by atomic mass is 16.5. The number of para-hydroxylation sites is 2. The Bertz CT molecular complexity index is 366. The first-order valence-corrected chi connectivity index (χ1v) is 5.92. The lowest BCUT2D eigenvalue weighted by Crippen LogP contribution is -2.27. The molecule has 0 atom stereocenters. The summed E-state index contributed by atoms with van der Waals surface area (Å²) in [5.41, 5.74) is 3.80. The van der Waals surface area contributed by atoms with Gasteiger partial charge in [0.25, 0.3) is 0 Å². The highest BCUT2D eigenvalue weighted by Crippen LogP contribution is 2.25. The molecule has 0 aliphatic heterocycles. The number of anilines is 2. The van der Waals surface area contributed by atoms with Crippen LogP contribution in [-0.4, -0.2) is 24.1 Å². The minimum Gasteiger partial charge on any atom is -0.369 e. The number of carbonyl (C=O) groups excluding carboxylic acids is 1. The fourth-order valence-corrected chi connectivity index (χ4v) is 1.76. The smallest absolute Gasteiger partial charge is 0.131 e. The van der Waals surface area contributed by atoms with Gasteiger partial charge >= 0.3 is 0 Å². The molecule has 1 aromatic carbocycles. The molecule has 0 saturated heterocycles. The average Bonchev–Trinajstić information content (AvgIpc) is 2.34. The topological polar surface area (TPSA) is 52.6 Å². The molecule has 0 bridgehead atoms. The Hall–Kier alpha value is -1.55. The maximum Gasteiger partial charge on any atom is 0.131 e. The Kier molecular flexibility index (Phi) is 5.49. The Morgan fingerprint density at radius 1 is 1.35 bits per heavy atom. The summed E-state index contributed by atoms with van der Waals surface area (Å²) in [4.78, 5) is 13.2. The van der Waals surface area contributed by atoms with E-state index in [-0.39, 0.29) is 5.78 Å². The zero-order chi connectivity index (χ0) is 12.7. The Labute approximate surface area is 102 Å². The van der Waals surface area contributed by atoms with Crippen molar-refractivity contribution in [2.45, 2.75) is 26.7 Å². The van der Waals surface area contributed by atoms with Crippen molar-refractivity contribution in [3.05, 3.63) is 24.3 Å². The molecule has 0 heterocycles. The molecule has 17 heavy (non-hydrogen) atoms. The number of nitrogens with zero attached hydrogens (tertiary/aromatic N) is 1. The molecule has 0 aromatic heterocycles. The second-order valence-electron chi connectivity index (χ2n) is 4.07. The number of hydrogen-bond acceptors (Lipinski definition) is 4. The monoisotopic (exact) mass is 236 g/mol. The van der Waals surface area contributed by atoms with Crippen LogP contribution in [0.2, 0.25) is 0 Å². The van der Waals surface area contributed by atoms with E-state index in [0.29, 0.717) is 18.7 Å². The summed E-state index contributed by atoms with van der Waals surface area (Å²) < 4.78 is 0. The Balaban J connectivity index is 2.84. The highest BCUT2D eigenvalue weighted by Gasteiger charge is 2.10. The van der Waals surface area contributed by atoms with E-state index in [1.807, 2.05) is 24.3 Å². The first-order valence-electron chi connectivity index (χ1n) is 5.92. The van der Waals surface area contributed by atoms with Crippen molar-refractivity contribution in [1.29, 1.82) is 0 Å². The molecule has 0 amide bonds. The van der Waals surface area contributed by atoms with Crippen LogP contribution >= 0.6 is 0 Å². The molecule has 1 aromatic rings. The fraction of sp³-hybridized carbons (Fsp3) is 0.462. The number of Topliss-reactive ketones (excluding diaryl/α,β-unsaturated/α-hetero) is 1. The third-order valence-corrected chi connectivity index (χ3v) is 2.59. The van der Waals surface area contributed by atoms with E-state index >= 15 is 0 Å². The van der Waals surface area contributed by atoms with Gasteiger partial charge in [-0.2, -0.15) is 0 Å². The predicted octanol–water partition coefficient (Wildman–Crippen LogP) is 2.68. The quantitative estimate of drug-likeness (QED) is 0.715. The molecule has 0 aliphatic rings. The third kappa shape index (κ3) is 4.07. The summed E-state index contributed by atoms with van der Waals surface area (Å²) >= 11 is 0. The van der Waals surface area contributed by atoms with Gasteiger partial charge in [-0.25, -0.2) is 0 Å². The van der Waals surface area contributed by atoms with Gasteiger partial charge in [0, 0.05) is 19.5 Å². The van der Waals surface area contributed by atoms with E-state index in [0.717, 1.165) is 18.7 Å². The molecule has 0 fully saturated rings. The molecule has 1 rings (SSSR count). The van der Waals surface area contributed by atoms with Crippen LogP contribution in [0.4, 0.5) is 11.4 Å². The molecular formula is C13H20N2O2. The molecule has 4 heteroatoms. The lowest BCUT2D eigenvalue weighted by Gasteiger charge is -2.25. The number of benzene rings is 1. The van der Waals surface area contributed by atoms with Crippen LogP contribution < -0.4 is 10.4 Å². The number of carbonyl (C=O) groups is 1. The molecule has 0 saturated carbocycles. The van der Waals surface area contributed by atoms with Crippen LogP contribution in [0.3, 0.4) is 0 Å². The van der Waals surface area contributed by atoms with Crippen LogP contribution in [-0.2, 0) is 4.79 Å². The van der Waals surface area contributed by atoms with Crippen LogP contribution in [0.25, 0.3) is 0 Å². The van der Waals surface area contributed by atoms with Crippen molar-refractivity contribution in [1.82, 2.24) is 0 Å². The maximum atomic E-state index is 11.0. The van der Waals surface area contributed by atoms with Gasteiger partial charge < -0.3 is 4.90 Å². The average molecular weight is 236 g/mol. The van der Waals surface area contributed by atoms with E-state index in [2.05, 4.69) is 17.3 Å². The first-order chi connectivity index (χ1) is 8.19. The van der Waals surface area contributed by atoms with Gasteiger partial charge in [-0.05, 0) is 25.5 Å². The summed E-state index contributed by atoms with van der Waals surface area (Å²) in [5.74, 6) is 0.181. The van der Waals surface area contributed by atoms with E-state index in [1.165, 1.54) is 0 Å². The molecule has 94 valence electrons. The Morgan fingerprint density at radius 3 is 2.65 bits per heavy atom. The van der Waals surface area contributed by atoms with Crippen molar-refractivity contribution in [3.8, 4) is 0 Å². The summed E-state index contributed by atoms with van der Waals surface area (Å²) in [6.07, 6.45) is 1.53. The minimum atomic E-state index is 0.181. The molecule has 4 nitrogen and oxygen atoms in total. The van der Waals surface area contributed by atoms with Crippen LogP contribution in [0, 0.1) is 0 Å². The van der Waals surface area contributed by atoms with E-state index in [9.17, 15) is 4.79 Å². The first kappa shape index (κ1) is 13.5. The highest BCUT2D eigenvalue weighted by molar-refractivity contribution is 5.77. The normalized spacial score (nSPS) is 10.1. The van der Waals surface area contributed by atoms with Crippen molar-refractivity contribution in [3.63, 3.8) is 0 Å². The molecule has 0 spiro atoms. The minimum absolute atomic E-state index is 0.181. The van der Waals surface area contributed by atoms with Crippen LogP contribution in [0.1, 0.15) is 26.7 Å². The van der Waals surface area contributed by atoms with Crippen molar-refractivity contribution >= 4 is 17.2 Å². The lowest BCUT2D eigenvalue weighted by molar-refractivity contribution is -0.116. The van der Waals surface area contributed by atoms with E-state index in [4.69, 9.17) is 5.21 Å². The molecule has 0 radical (unpaired) electrons. The van der Waals surface area contributed by atoms with Gasteiger partial charge in [0.15, 0.2) is 0 Å². The van der Waals surface area contributed by atoms with Crippen molar-refractivity contribution in [2.75, 3.05) is 23.5 Å². The van der Waals surface area contributed by atoms with Crippen LogP contribution in [0.15, 0.2) is 24.3 Å². The maximum absolute atomic E-state index is 11.0. The number of rotatable bonds is 7. The van der Waals surface area contributed by atoms with E-state index in [1.54, 1.807) is 6.92 Å². The number of hydrogen-bond donors (Lipinski definition) is 2. The summed E-state index contributed by atoms with van der Waals surface area (Å²) in [6.45, 7) is 5.24. The van der Waals surface area contributed by atoms with Gasteiger partial charge in [-0.1, -0.05) is 19.1 Å². The van der Waals surface area contributed by atoms with Gasteiger partial charge in [0.05, 0.1) is 11.4 Å².